The van der Waals surface area contributed by atoms with Crippen LogP contribution in [-0.4, -0.2) is 54.5 Å². The highest BCUT2D eigenvalue weighted by atomic mass is 31.2. The molecule has 10 heteroatoms. The van der Waals surface area contributed by atoms with Crippen molar-refractivity contribution in [2.24, 2.45) is 0 Å². The zero-order valence-corrected chi connectivity index (χ0v) is 22.2. The Bertz CT molecular complexity index is 1600. The first-order valence-electron chi connectivity index (χ1n) is 12.2. The fraction of sp³-hybridized carbons (Fsp3) is 0.286. The fourth-order valence-electron chi connectivity index (χ4n) is 5.68. The lowest BCUT2D eigenvalue weighted by molar-refractivity contribution is -0.0507. The van der Waals surface area contributed by atoms with Gasteiger partial charge in [-0.1, -0.05) is 18.2 Å². The Kier molecular flexibility index (Phi) is 5.78. The number of imidazole rings is 1. The summed E-state index contributed by atoms with van der Waals surface area (Å²) in [5, 5.41) is 0.566. The molecular weight excluding hydrogens is 514 g/mol. The normalized spacial score (nSPS) is 18.6. The Balaban J connectivity index is 1.52. The Labute approximate surface area is 218 Å². The van der Waals surface area contributed by atoms with Gasteiger partial charge in [-0.2, -0.15) is 8.78 Å². The summed E-state index contributed by atoms with van der Waals surface area (Å²) in [6.07, 6.45) is 0.487. The van der Waals surface area contributed by atoms with Crippen LogP contribution in [-0.2, 0) is 4.52 Å². The minimum atomic E-state index is -3.02. The topological polar surface area (TPSA) is 56.6 Å². The van der Waals surface area contributed by atoms with Crippen molar-refractivity contribution in [2.75, 3.05) is 27.5 Å². The van der Waals surface area contributed by atoms with Crippen molar-refractivity contribution in [3.63, 3.8) is 0 Å². The Morgan fingerprint density at radius 1 is 1.05 bits per heavy atom. The van der Waals surface area contributed by atoms with E-state index in [1.165, 1.54) is 12.1 Å². The van der Waals surface area contributed by atoms with Crippen molar-refractivity contribution in [3.05, 3.63) is 77.4 Å². The number of aromatic nitrogens is 2. The van der Waals surface area contributed by atoms with Crippen LogP contribution in [0.5, 0.6) is 5.75 Å². The van der Waals surface area contributed by atoms with Crippen LogP contribution in [0, 0.1) is 5.82 Å². The van der Waals surface area contributed by atoms with Crippen molar-refractivity contribution in [1.82, 2.24) is 14.5 Å². The number of carbonyl (C=O) groups is 1. The minimum absolute atomic E-state index is 0.0162. The molecule has 6 rings (SSSR count). The molecule has 38 heavy (non-hydrogen) atoms. The van der Waals surface area contributed by atoms with Crippen molar-refractivity contribution < 1.29 is 27.2 Å². The minimum Gasteiger partial charge on any atom is -0.434 e. The molecule has 0 saturated heterocycles. The summed E-state index contributed by atoms with van der Waals surface area (Å²) in [6.45, 7) is 0.807. The number of hydrogen-bond acceptors (Lipinski definition) is 4. The summed E-state index contributed by atoms with van der Waals surface area (Å²) in [5.41, 5.74) is 3.74. The fourth-order valence-corrected chi connectivity index (χ4v) is 6.89. The molecule has 2 unspecified atom stereocenters. The van der Waals surface area contributed by atoms with Gasteiger partial charge in [0.25, 0.3) is 5.91 Å². The monoisotopic (exact) mass is 540 g/mol. The van der Waals surface area contributed by atoms with E-state index in [0.29, 0.717) is 39.8 Å². The molecule has 0 saturated carbocycles. The summed E-state index contributed by atoms with van der Waals surface area (Å²) in [6, 6.07) is 14.8. The van der Waals surface area contributed by atoms with Crippen LogP contribution < -0.4 is 10.0 Å². The first-order chi connectivity index (χ1) is 18.1. The molecular formula is C28H26F3N3O3P+. The molecule has 4 aromatic rings. The zero-order valence-electron chi connectivity index (χ0n) is 21.3. The van der Waals surface area contributed by atoms with E-state index in [1.807, 2.05) is 42.2 Å². The molecule has 2 aliphatic heterocycles. The highest BCUT2D eigenvalue weighted by molar-refractivity contribution is 7.77. The van der Waals surface area contributed by atoms with Gasteiger partial charge >= 0.3 is 6.61 Å². The van der Waals surface area contributed by atoms with E-state index in [0.717, 1.165) is 11.1 Å². The smallest absolute Gasteiger partial charge is 0.387 e. The third-order valence-corrected chi connectivity index (χ3v) is 10.2. The van der Waals surface area contributed by atoms with Gasteiger partial charge < -0.3 is 14.2 Å². The van der Waals surface area contributed by atoms with E-state index >= 15 is 4.39 Å². The number of alkyl halides is 2. The SMILES string of the molecule is CO[P+](C)(C)c1ccc(-c2ccc3nc4n(c3c2)C2CC4N(C)C(=O)c3cccc(OC(F)F)c32)cc1F. The van der Waals surface area contributed by atoms with Crippen LogP contribution >= 0.6 is 7.49 Å². The van der Waals surface area contributed by atoms with Gasteiger partial charge in [-0.05, 0) is 47.5 Å². The van der Waals surface area contributed by atoms with E-state index in [-0.39, 0.29) is 23.5 Å². The van der Waals surface area contributed by atoms with Crippen LogP contribution in [0.3, 0.4) is 0 Å². The number of benzene rings is 3. The molecule has 0 spiro atoms. The average Bonchev–Trinajstić information content (AvgIpc) is 3.41. The molecule has 0 aliphatic carbocycles. The average molecular weight is 541 g/mol. The van der Waals surface area contributed by atoms with Crippen LogP contribution in [0.4, 0.5) is 13.2 Å². The standard InChI is InChI=1S/C28H26F3N3O3P/c1-33-22-14-21(25-17(27(33)35)6-5-7-23(25)37-28(30)31)34-20-13-16(8-10-19(20)32-26(22)34)15-9-11-24(18(29)12-15)38(3,4)36-2/h5-13,21-22,28H,14H2,1-4H3/q+1. The van der Waals surface area contributed by atoms with Gasteiger partial charge in [0.1, 0.15) is 11.6 Å². The maximum absolute atomic E-state index is 15.1. The summed E-state index contributed by atoms with van der Waals surface area (Å²) in [7, 11) is 1.27. The van der Waals surface area contributed by atoms with Crippen LogP contribution in [0.15, 0.2) is 54.6 Å². The molecule has 3 heterocycles. The number of nitrogens with zero attached hydrogens (tertiary/aromatic N) is 3. The summed E-state index contributed by atoms with van der Waals surface area (Å²) in [5.74, 6) is 0.0845. The molecule has 6 nitrogen and oxygen atoms in total. The van der Waals surface area contributed by atoms with E-state index < -0.39 is 20.1 Å². The summed E-state index contributed by atoms with van der Waals surface area (Å²) < 4.78 is 54.2. The largest absolute Gasteiger partial charge is 0.434 e. The third-order valence-electron chi connectivity index (χ3n) is 7.72. The molecule has 0 radical (unpaired) electrons. The highest BCUT2D eigenvalue weighted by Crippen LogP contribution is 2.52. The molecule has 2 atom stereocenters. The van der Waals surface area contributed by atoms with E-state index in [9.17, 15) is 13.6 Å². The first kappa shape index (κ1) is 24.9. The second-order valence-electron chi connectivity index (χ2n) is 10.0. The molecule has 0 fully saturated rings. The van der Waals surface area contributed by atoms with Crippen molar-refractivity contribution in [1.29, 1.82) is 0 Å². The Hall–Kier alpha value is -3.42. The second-order valence-corrected chi connectivity index (χ2v) is 13.6. The van der Waals surface area contributed by atoms with Crippen molar-refractivity contribution >= 4 is 29.7 Å². The molecule has 1 amide bonds. The van der Waals surface area contributed by atoms with Gasteiger partial charge in [0.2, 0.25) is 0 Å². The number of ether oxygens (including phenoxy) is 1. The number of amides is 1. The Morgan fingerprint density at radius 2 is 1.79 bits per heavy atom. The first-order valence-corrected chi connectivity index (χ1v) is 14.8. The van der Waals surface area contributed by atoms with Crippen LogP contribution in [0.2, 0.25) is 0 Å². The third kappa shape index (κ3) is 3.71. The van der Waals surface area contributed by atoms with Crippen LogP contribution in [0.25, 0.3) is 22.2 Å². The van der Waals surface area contributed by atoms with Gasteiger partial charge in [-0.3, -0.25) is 4.79 Å². The molecule has 196 valence electrons. The van der Waals surface area contributed by atoms with Gasteiger partial charge in [-0.25, -0.2) is 13.9 Å². The van der Waals surface area contributed by atoms with E-state index in [1.54, 1.807) is 37.3 Å². The Morgan fingerprint density at radius 3 is 2.50 bits per heavy atom. The quantitative estimate of drug-likeness (QED) is 0.290. The van der Waals surface area contributed by atoms with E-state index in [4.69, 9.17) is 14.2 Å². The van der Waals surface area contributed by atoms with Gasteiger partial charge in [0, 0.05) is 24.6 Å². The van der Waals surface area contributed by atoms with Gasteiger partial charge in [0.05, 0.1) is 43.6 Å². The second kappa shape index (κ2) is 8.82. The number of hydrogen-bond donors (Lipinski definition) is 0. The summed E-state index contributed by atoms with van der Waals surface area (Å²) in [4.78, 5) is 19.7. The van der Waals surface area contributed by atoms with E-state index in [2.05, 4.69) is 0 Å². The van der Waals surface area contributed by atoms with Crippen molar-refractivity contribution in [3.8, 4) is 16.9 Å². The number of fused-ring (bicyclic) bond motifs is 9. The molecule has 3 aromatic carbocycles. The number of carbonyl (C=O) groups excluding carboxylic acids is 1. The highest BCUT2D eigenvalue weighted by Gasteiger charge is 2.45. The maximum Gasteiger partial charge on any atom is 0.387 e. The van der Waals surface area contributed by atoms with Gasteiger partial charge in [0.15, 0.2) is 18.6 Å². The number of rotatable bonds is 5. The lowest BCUT2D eigenvalue weighted by Crippen LogP contribution is -2.30. The summed E-state index contributed by atoms with van der Waals surface area (Å²) >= 11 is 0. The zero-order chi connectivity index (χ0) is 26.9. The van der Waals surface area contributed by atoms with Crippen LogP contribution in [0.1, 0.15) is 40.3 Å². The predicted octanol–water partition coefficient (Wildman–Crippen LogP) is 6.03. The number of halogens is 3. The lowest BCUT2D eigenvalue weighted by Gasteiger charge is -2.24. The molecule has 2 bridgehead atoms. The lowest BCUT2D eigenvalue weighted by atomic mass is 9.97. The van der Waals surface area contributed by atoms with Gasteiger partial charge in [-0.15, -0.1) is 0 Å². The molecule has 2 aliphatic rings. The molecule has 0 N–H and O–H groups in total. The predicted molar refractivity (Wildman–Crippen MR) is 141 cm³/mol. The van der Waals surface area contributed by atoms with Crippen molar-refractivity contribution in [2.45, 2.75) is 25.1 Å². The maximum atomic E-state index is 15.1. The molecule has 1 aromatic heterocycles.